The predicted octanol–water partition coefficient (Wildman–Crippen LogP) is 2.58. The Hall–Kier alpha value is -1.43. The highest BCUT2D eigenvalue weighted by Gasteiger charge is 2.42. The summed E-state index contributed by atoms with van der Waals surface area (Å²) >= 11 is 0. The van der Waals surface area contributed by atoms with Gasteiger partial charge in [0, 0.05) is 33.3 Å². The van der Waals surface area contributed by atoms with Gasteiger partial charge >= 0.3 is 0 Å². The molecule has 3 rings (SSSR count). The Kier molecular flexibility index (Phi) is 6.33. The minimum absolute atomic E-state index is 0.0235. The first-order valence-corrected chi connectivity index (χ1v) is 9.71. The van der Waals surface area contributed by atoms with Gasteiger partial charge in [0.2, 0.25) is 5.91 Å². The quantitative estimate of drug-likeness (QED) is 0.847. The second-order valence-electron chi connectivity index (χ2n) is 7.97. The van der Waals surface area contributed by atoms with Crippen LogP contribution in [0, 0.1) is 13.8 Å². The summed E-state index contributed by atoms with van der Waals surface area (Å²) in [6.07, 6.45) is 4.45. The highest BCUT2D eigenvalue weighted by Crippen LogP contribution is 2.39. The molecule has 1 aromatic rings. The number of piperidine rings is 1. The molecule has 5 heteroatoms. The Labute approximate surface area is 157 Å². The largest absolute Gasteiger partial charge is 0.375 e. The van der Waals surface area contributed by atoms with Crippen LogP contribution in [0.5, 0.6) is 0 Å². The Morgan fingerprint density at radius 2 is 1.92 bits per heavy atom. The molecule has 1 atom stereocenters. The van der Waals surface area contributed by atoms with E-state index in [1.807, 2.05) is 0 Å². The molecule has 0 radical (unpaired) electrons. The van der Waals surface area contributed by atoms with Gasteiger partial charge in [0.05, 0.1) is 11.7 Å². The molecule has 2 fully saturated rings. The van der Waals surface area contributed by atoms with E-state index in [0.29, 0.717) is 6.54 Å². The average Bonchev–Trinajstić information content (AvgIpc) is 2.98. The molecule has 0 saturated carbocycles. The average molecular weight is 360 g/mol. The molecular formula is C21H32N2O3. The lowest BCUT2D eigenvalue weighted by Gasteiger charge is -2.39. The van der Waals surface area contributed by atoms with Crippen LogP contribution in [0.15, 0.2) is 18.2 Å². The zero-order valence-corrected chi connectivity index (χ0v) is 16.3. The van der Waals surface area contributed by atoms with Crippen molar-refractivity contribution in [3.8, 4) is 0 Å². The second kappa shape index (κ2) is 8.51. The third-order valence-electron chi connectivity index (χ3n) is 5.60. The van der Waals surface area contributed by atoms with Gasteiger partial charge in [-0.3, -0.25) is 9.69 Å². The number of nitrogens with one attached hydrogen (secondary N) is 1. The van der Waals surface area contributed by atoms with E-state index in [1.165, 1.54) is 23.8 Å². The molecule has 1 spiro atoms. The van der Waals surface area contributed by atoms with E-state index < -0.39 is 0 Å². The van der Waals surface area contributed by atoms with E-state index in [-0.39, 0.29) is 24.2 Å². The molecule has 26 heavy (non-hydrogen) atoms. The fourth-order valence-corrected chi connectivity index (χ4v) is 4.35. The van der Waals surface area contributed by atoms with Crippen molar-refractivity contribution in [1.29, 1.82) is 0 Å². The third kappa shape index (κ3) is 5.06. The maximum Gasteiger partial charge on any atom is 0.246 e. The first-order chi connectivity index (χ1) is 12.5. The van der Waals surface area contributed by atoms with Crippen LogP contribution in [0.4, 0.5) is 0 Å². The first kappa shape index (κ1) is 19.3. The molecule has 2 aliphatic heterocycles. The third-order valence-corrected chi connectivity index (χ3v) is 5.60. The molecule has 0 aromatic heterocycles. The van der Waals surface area contributed by atoms with E-state index >= 15 is 0 Å². The molecule has 2 aliphatic rings. The van der Waals surface area contributed by atoms with Crippen molar-refractivity contribution in [1.82, 2.24) is 10.2 Å². The monoisotopic (exact) mass is 360 g/mol. The van der Waals surface area contributed by atoms with Gasteiger partial charge in [0.15, 0.2) is 0 Å². The standard InChI is InChI=1S/C21H32N2O3/c1-16-10-17(2)12-18(11-16)14-23-8-6-21(7-9-23)5-4-19(26-21)13-22-20(24)15-25-3/h10-12,19H,4-9,13-15H2,1-3H3,(H,22,24)/t19-/m1/s1. The predicted molar refractivity (Wildman–Crippen MR) is 102 cm³/mol. The normalized spacial score (nSPS) is 22.7. The summed E-state index contributed by atoms with van der Waals surface area (Å²) in [5.74, 6) is -0.0692. The van der Waals surface area contributed by atoms with Gasteiger partial charge in [-0.05, 0) is 45.1 Å². The number of nitrogens with zero attached hydrogens (tertiary/aromatic N) is 1. The van der Waals surface area contributed by atoms with Gasteiger partial charge in [-0.25, -0.2) is 0 Å². The SMILES string of the molecule is COCC(=O)NC[C@H]1CCC2(CCN(Cc3cc(C)cc(C)c3)CC2)O1. The zero-order chi connectivity index (χ0) is 18.6. The number of methoxy groups -OCH3 is 1. The summed E-state index contributed by atoms with van der Waals surface area (Å²) in [4.78, 5) is 14.1. The summed E-state index contributed by atoms with van der Waals surface area (Å²) in [6, 6.07) is 6.82. The number of hydrogen-bond acceptors (Lipinski definition) is 4. The highest BCUT2D eigenvalue weighted by molar-refractivity contribution is 5.77. The second-order valence-corrected chi connectivity index (χ2v) is 7.97. The minimum atomic E-state index is -0.0692. The van der Waals surface area contributed by atoms with Crippen molar-refractivity contribution < 1.29 is 14.3 Å². The molecule has 0 bridgehead atoms. The molecule has 1 aromatic carbocycles. The van der Waals surface area contributed by atoms with Crippen molar-refractivity contribution in [3.63, 3.8) is 0 Å². The van der Waals surface area contributed by atoms with Crippen LogP contribution in [-0.2, 0) is 20.8 Å². The first-order valence-electron chi connectivity index (χ1n) is 9.71. The Bertz CT molecular complexity index is 603. The van der Waals surface area contributed by atoms with Crippen LogP contribution >= 0.6 is 0 Å². The number of ether oxygens (including phenoxy) is 2. The van der Waals surface area contributed by atoms with Crippen molar-refractivity contribution in [3.05, 3.63) is 34.9 Å². The topological polar surface area (TPSA) is 50.8 Å². The van der Waals surface area contributed by atoms with E-state index in [2.05, 4.69) is 42.3 Å². The Morgan fingerprint density at radius 1 is 1.23 bits per heavy atom. The molecule has 0 aliphatic carbocycles. The van der Waals surface area contributed by atoms with Gasteiger partial charge < -0.3 is 14.8 Å². The number of benzene rings is 1. The molecule has 0 unspecified atom stereocenters. The molecule has 1 N–H and O–H groups in total. The van der Waals surface area contributed by atoms with Crippen LogP contribution in [-0.4, -0.2) is 55.9 Å². The number of carbonyl (C=O) groups is 1. The number of carbonyl (C=O) groups excluding carboxylic acids is 1. The lowest BCUT2D eigenvalue weighted by molar-refractivity contribution is -0.126. The van der Waals surface area contributed by atoms with E-state index in [0.717, 1.165) is 45.3 Å². The summed E-state index contributed by atoms with van der Waals surface area (Å²) < 4.78 is 11.2. The Balaban J connectivity index is 1.45. The highest BCUT2D eigenvalue weighted by atomic mass is 16.5. The zero-order valence-electron chi connectivity index (χ0n) is 16.3. The van der Waals surface area contributed by atoms with Gasteiger partial charge in [0.25, 0.3) is 0 Å². The van der Waals surface area contributed by atoms with Crippen LogP contribution in [0.2, 0.25) is 0 Å². The van der Waals surface area contributed by atoms with E-state index in [1.54, 1.807) is 0 Å². The lowest BCUT2D eigenvalue weighted by atomic mass is 9.88. The van der Waals surface area contributed by atoms with Gasteiger partial charge in [-0.1, -0.05) is 29.3 Å². The summed E-state index contributed by atoms with van der Waals surface area (Å²) in [5, 5.41) is 2.90. The maximum absolute atomic E-state index is 11.5. The molecular weight excluding hydrogens is 328 g/mol. The molecule has 144 valence electrons. The molecule has 2 heterocycles. The molecule has 1 amide bonds. The van der Waals surface area contributed by atoms with Crippen LogP contribution in [0.25, 0.3) is 0 Å². The fourth-order valence-electron chi connectivity index (χ4n) is 4.35. The molecule has 5 nitrogen and oxygen atoms in total. The van der Waals surface area contributed by atoms with Crippen LogP contribution in [0.3, 0.4) is 0 Å². The molecule has 2 saturated heterocycles. The number of rotatable bonds is 6. The van der Waals surface area contributed by atoms with Crippen LogP contribution in [0.1, 0.15) is 42.4 Å². The summed E-state index contributed by atoms with van der Waals surface area (Å²) in [7, 11) is 1.53. The van der Waals surface area contributed by atoms with Crippen molar-refractivity contribution >= 4 is 5.91 Å². The van der Waals surface area contributed by atoms with Crippen molar-refractivity contribution in [2.45, 2.75) is 57.8 Å². The number of aryl methyl sites for hydroxylation is 2. The van der Waals surface area contributed by atoms with Gasteiger partial charge in [-0.15, -0.1) is 0 Å². The lowest BCUT2D eigenvalue weighted by Crippen LogP contribution is -2.45. The number of amides is 1. The maximum atomic E-state index is 11.5. The van der Waals surface area contributed by atoms with Gasteiger partial charge in [0.1, 0.15) is 6.61 Å². The summed E-state index contributed by atoms with van der Waals surface area (Å²) in [6.45, 7) is 8.22. The summed E-state index contributed by atoms with van der Waals surface area (Å²) in [5.41, 5.74) is 4.11. The smallest absolute Gasteiger partial charge is 0.246 e. The van der Waals surface area contributed by atoms with Crippen molar-refractivity contribution in [2.75, 3.05) is 33.4 Å². The van der Waals surface area contributed by atoms with Gasteiger partial charge in [-0.2, -0.15) is 0 Å². The fraction of sp³-hybridized carbons (Fsp3) is 0.667. The van der Waals surface area contributed by atoms with Crippen LogP contribution < -0.4 is 5.32 Å². The number of likely N-dealkylation sites (tertiary alicyclic amines) is 1. The van der Waals surface area contributed by atoms with E-state index in [4.69, 9.17) is 9.47 Å². The Morgan fingerprint density at radius 3 is 2.58 bits per heavy atom. The minimum Gasteiger partial charge on any atom is -0.375 e. The van der Waals surface area contributed by atoms with Crippen molar-refractivity contribution in [2.24, 2.45) is 0 Å². The number of hydrogen-bond donors (Lipinski definition) is 1. The van der Waals surface area contributed by atoms with E-state index in [9.17, 15) is 4.79 Å².